The second-order valence-corrected chi connectivity index (χ2v) is 7.00. The predicted octanol–water partition coefficient (Wildman–Crippen LogP) is 1.82. The summed E-state index contributed by atoms with van der Waals surface area (Å²) in [6.07, 6.45) is 0.801. The molecule has 1 aromatic carbocycles. The van der Waals surface area contributed by atoms with Gasteiger partial charge in [0.05, 0.1) is 13.7 Å². The molecule has 1 saturated heterocycles. The largest absolute Gasteiger partial charge is 0.467 e. The highest BCUT2D eigenvalue weighted by atomic mass is 16.5. The number of nitrogens with one attached hydrogen (secondary N) is 1. The molecule has 1 N–H and O–H groups in total. The fourth-order valence-electron chi connectivity index (χ4n) is 3.28. The van der Waals surface area contributed by atoms with E-state index in [1.807, 2.05) is 13.8 Å². The molecule has 6 nitrogen and oxygen atoms in total. The number of para-hydroxylation sites is 1. The van der Waals surface area contributed by atoms with Crippen LogP contribution in [0.5, 0.6) is 0 Å². The first-order chi connectivity index (χ1) is 12.5. The first-order valence-electron chi connectivity index (χ1n) is 9.36. The number of esters is 1. The van der Waals surface area contributed by atoms with E-state index in [0.29, 0.717) is 6.54 Å². The lowest BCUT2D eigenvalue weighted by atomic mass is 9.99. The Hall–Kier alpha value is -2.08. The molecule has 1 heterocycles. The Balaban J connectivity index is 1.85. The molecule has 1 aromatic rings. The molecule has 1 aliphatic heterocycles. The van der Waals surface area contributed by atoms with E-state index in [1.165, 1.54) is 18.4 Å². The summed E-state index contributed by atoms with van der Waals surface area (Å²) in [5.41, 5.74) is 2.53. The van der Waals surface area contributed by atoms with Crippen molar-refractivity contribution < 1.29 is 14.3 Å². The summed E-state index contributed by atoms with van der Waals surface area (Å²) in [6.45, 7) is 9.82. The maximum atomic E-state index is 12.4. The Morgan fingerprint density at radius 1 is 1.19 bits per heavy atom. The Morgan fingerprint density at radius 3 is 2.42 bits per heavy atom. The van der Waals surface area contributed by atoms with Crippen LogP contribution in [0, 0.1) is 12.8 Å². The Morgan fingerprint density at radius 2 is 1.85 bits per heavy atom. The van der Waals surface area contributed by atoms with E-state index in [4.69, 9.17) is 4.74 Å². The van der Waals surface area contributed by atoms with E-state index < -0.39 is 6.04 Å². The normalized spacial score (nSPS) is 17.5. The van der Waals surface area contributed by atoms with Gasteiger partial charge in [0.25, 0.3) is 0 Å². The number of hydrogen-bond acceptors (Lipinski definition) is 5. The van der Waals surface area contributed by atoms with Crippen LogP contribution < -0.4 is 10.2 Å². The molecule has 0 unspecified atom stereocenters. The van der Waals surface area contributed by atoms with Crippen molar-refractivity contribution in [2.75, 3.05) is 44.7 Å². The van der Waals surface area contributed by atoms with Gasteiger partial charge in [-0.3, -0.25) is 9.69 Å². The van der Waals surface area contributed by atoms with Crippen molar-refractivity contribution in [2.24, 2.45) is 5.92 Å². The number of rotatable bonds is 7. The Labute approximate surface area is 156 Å². The zero-order chi connectivity index (χ0) is 19.1. The van der Waals surface area contributed by atoms with E-state index in [1.54, 1.807) is 0 Å². The van der Waals surface area contributed by atoms with Crippen LogP contribution in [0.4, 0.5) is 5.69 Å². The molecule has 26 heavy (non-hydrogen) atoms. The molecular weight excluding hydrogens is 330 g/mol. The minimum absolute atomic E-state index is 0.0457. The van der Waals surface area contributed by atoms with Gasteiger partial charge in [-0.25, -0.2) is 4.79 Å². The highest BCUT2D eigenvalue weighted by molar-refractivity contribution is 5.85. The van der Waals surface area contributed by atoms with E-state index in [2.05, 4.69) is 46.3 Å². The van der Waals surface area contributed by atoms with Gasteiger partial charge >= 0.3 is 5.97 Å². The molecule has 2 rings (SSSR count). The first kappa shape index (κ1) is 20.2. The van der Waals surface area contributed by atoms with Gasteiger partial charge in [0.1, 0.15) is 6.04 Å². The monoisotopic (exact) mass is 361 g/mol. The maximum absolute atomic E-state index is 12.4. The quantitative estimate of drug-likeness (QED) is 0.751. The molecular formula is C20H31N3O3. The summed E-state index contributed by atoms with van der Waals surface area (Å²) in [7, 11) is 1.36. The number of amides is 1. The second-order valence-electron chi connectivity index (χ2n) is 7.00. The van der Waals surface area contributed by atoms with E-state index in [-0.39, 0.29) is 17.8 Å². The van der Waals surface area contributed by atoms with Crippen LogP contribution in [0.25, 0.3) is 0 Å². The number of carbonyl (C=O) groups is 2. The summed E-state index contributed by atoms with van der Waals surface area (Å²) >= 11 is 0. The van der Waals surface area contributed by atoms with Gasteiger partial charge in [-0.2, -0.15) is 0 Å². The second kappa shape index (κ2) is 9.57. The van der Waals surface area contributed by atoms with Crippen molar-refractivity contribution in [3.63, 3.8) is 0 Å². The van der Waals surface area contributed by atoms with Crippen LogP contribution in [0.1, 0.15) is 25.8 Å². The molecule has 1 fully saturated rings. The molecule has 1 aliphatic rings. The number of benzene rings is 1. The zero-order valence-corrected chi connectivity index (χ0v) is 16.3. The van der Waals surface area contributed by atoms with Crippen LogP contribution in [0.15, 0.2) is 24.3 Å². The van der Waals surface area contributed by atoms with Crippen LogP contribution >= 0.6 is 0 Å². The third-order valence-electron chi connectivity index (χ3n) is 5.18. The van der Waals surface area contributed by atoms with Crippen molar-refractivity contribution >= 4 is 17.6 Å². The molecule has 0 bridgehead atoms. The van der Waals surface area contributed by atoms with Crippen molar-refractivity contribution in [1.82, 2.24) is 10.2 Å². The molecule has 0 saturated carbocycles. The standard InChI is InChI=1S/C20H31N3O3/c1-5-15(2)19(20(25)26-4)21-18(24)14-22-10-12-23(13-11-22)17-9-7-6-8-16(17)3/h6-9,15,19H,5,10-14H2,1-4H3,(H,21,24)/t15-,19+/m1/s1. The van der Waals surface area contributed by atoms with E-state index in [9.17, 15) is 9.59 Å². The van der Waals surface area contributed by atoms with Gasteiger partial charge in [0.15, 0.2) is 0 Å². The maximum Gasteiger partial charge on any atom is 0.328 e. The Kier molecular flexibility index (Phi) is 7.45. The fraction of sp³-hybridized carbons (Fsp3) is 0.600. The number of piperazine rings is 1. The minimum Gasteiger partial charge on any atom is -0.467 e. The topological polar surface area (TPSA) is 61.9 Å². The molecule has 0 spiro atoms. The number of aryl methyl sites for hydroxylation is 1. The van der Waals surface area contributed by atoms with Gasteiger partial charge in [0, 0.05) is 31.9 Å². The molecule has 0 aromatic heterocycles. The Bertz CT molecular complexity index is 612. The number of anilines is 1. The van der Waals surface area contributed by atoms with E-state index >= 15 is 0 Å². The molecule has 6 heteroatoms. The summed E-state index contributed by atoms with van der Waals surface area (Å²) in [4.78, 5) is 28.8. The first-order valence-corrected chi connectivity index (χ1v) is 9.36. The predicted molar refractivity (Wildman–Crippen MR) is 103 cm³/mol. The third-order valence-corrected chi connectivity index (χ3v) is 5.18. The molecule has 0 aliphatic carbocycles. The minimum atomic E-state index is -0.578. The number of hydrogen-bond donors (Lipinski definition) is 1. The summed E-state index contributed by atoms with van der Waals surface area (Å²) in [6, 6.07) is 7.80. The lowest BCUT2D eigenvalue weighted by Gasteiger charge is -2.36. The summed E-state index contributed by atoms with van der Waals surface area (Å²) < 4.78 is 4.83. The molecule has 2 atom stereocenters. The number of nitrogens with zero attached hydrogens (tertiary/aromatic N) is 2. The smallest absolute Gasteiger partial charge is 0.328 e. The van der Waals surface area contributed by atoms with Gasteiger partial charge in [-0.1, -0.05) is 38.5 Å². The van der Waals surface area contributed by atoms with E-state index in [0.717, 1.165) is 32.6 Å². The fourth-order valence-corrected chi connectivity index (χ4v) is 3.28. The van der Waals surface area contributed by atoms with Crippen LogP contribution in [0.2, 0.25) is 0 Å². The third kappa shape index (κ3) is 5.21. The van der Waals surface area contributed by atoms with Gasteiger partial charge in [-0.15, -0.1) is 0 Å². The molecule has 0 radical (unpaired) electrons. The van der Waals surface area contributed by atoms with Gasteiger partial charge in [0.2, 0.25) is 5.91 Å². The molecule has 144 valence electrons. The van der Waals surface area contributed by atoms with Crippen molar-refractivity contribution in [2.45, 2.75) is 33.2 Å². The number of carbonyl (C=O) groups excluding carboxylic acids is 2. The van der Waals surface area contributed by atoms with Gasteiger partial charge in [-0.05, 0) is 24.5 Å². The summed E-state index contributed by atoms with van der Waals surface area (Å²) in [5, 5.41) is 2.85. The average Bonchev–Trinajstić information content (AvgIpc) is 2.66. The SMILES string of the molecule is CC[C@@H](C)[C@H](NC(=O)CN1CCN(c2ccccc2C)CC1)C(=O)OC. The highest BCUT2D eigenvalue weighted by Crippen LogP contribution is 2.20. The van der Waals surface area contributed by atoms with Crippen LogP contribution in [-0.4, -0.2) is 62.7 Å². The zero-order valence-electron chi connectivity index (χ0n) is 16.3. The lowest BCUT2D eigenvalue weighted by molar-refractivity contribution is -0.146. The average molecular weight is 361 g/mol. The lowest BCUT2D eigenvalue weighted by Crippen LogP contribution is -2.52. The van der Waals surface area contributed by atoms with Crippen molar-refractivity contribution in [1.29, 1.82) is 0 Å². The summed E-state index contributed by atoms with van der Waals surface area (Å²) in [5.74, 6) is -0.452. The number of ether oxygens (including phenoxy) is 1. The van der Waals surface area contributed by atoms with Gasteiger partial charge < -0.3 is 15.0 Å². The van der Waals surface area contributed by atoms with Crippen LogP contribution in [-0.2, 0) is 14.3 Å². The molecule has 1 amide bonds. The highest BCUT2D eigenvalue weighted by Gasteiger charge is 2.28. The van der Waals surface area contributed by atoms with Crippen LogP contribution in [0.3, 0.4) is 0 Å². The number of methoxy groups -OCH3 is 1. The van der Waals surface area contributed by atoms with Crippen molar-refractivity contribution in [3.05, 3.63) is 29.8 Å². The van der Waals surface area contributed by atoms with Crippen molar-refractivity contribution in [3.8, 4) is 0 Å².